The molecule has 1 fully saturated rings. The zero-order chi connectivity index (χ0) is 13.8. The molecule has 0 spiro atoms. The summed E-state index contributed by atoms with van der Waals surface area (Å²) in [4.78, 5) is 2.42. The summed E-state index contributed by atoms with van der Waals surface area (Å²) in [5.41, 5.74) is 2.29. The van der Waals surface area contributed by atoms with Crippen LogP contribution in [0.25, 0.3) is 5.69 Å². The molecular formula is C16H22N4. The summed E-state index contributed by atoms with van der Waals surface area (Å²) in [6.07, 6.45) is 7.51. The molecule has 20 heavy (non-hydrogen) atoms. The molecule has 1 saturated heterocycles. The second kappa shape index (κ2) is 6.09. The molecule has 2 aromatic rings. The molecular weight excluding hydrogens is 248 g/mol. The van der Waals surface area contributed by atoms with Gasteiger partial charge in [0.05, 0.1) is 5.69 Å². The van der Waals surface area contributed by atoms with E-state index in [1.807, 2.05) is 16.9 Å². The number of aromatic nitrogens is 2. The highest BCUT2D eigenvalue weighted by Gasteiger charge is 2.14. The first-order valence-corrected chi connectivity index (χ1v) is 7.36. The van der Waals surface area contributed by atoms with E-state index in [9.17, 15) is 0 Å². The minimum absolute atomic E-state index is 0.577. The summed E-state index contributed by atoms with van der Waals surface area (Å²) < 4.78 is 1.89. The molecule has 1 aromatic heterocycles. The molecule has 0 saturated carbocycles. The monoisotopic (exact) mass is 270 g/mol. The smallest absolute Gasteiger partial charge is 0.0666 e. The van der Waals surface area contributed by atoms with Crippen molar-refractivity contribution in [1.29, 1.82) is 0 Å². The van der Waals surface area contributed by atoms with Gasteiger partial charge in [0.1, 0.15) is 0 Å². The Hall–Kier alpha value is -1.81. The molecule has 4 heteroatoms. The molecule has 0 bridgehead atoms. The lowest BCUT2D eigenvalue weighted by Crippen LogP contribution is -2.23. The third-order valence-corrected chi connectivity index (χ3v) is 3.94. The molecule has 0 amide bonds. The molecule has 2 heterocycles. The summed E-state index contributed by atoms with van der Waals surface area (Å²) in [5, 5.41) is 7.96. The highest BCUT2D eigenvalue weighted by atomic mass is 15.3. The highest BCUT2D eigenvalue weighted by molar-refractivity contribution is 5.51. The van der Waals surface area contributed by atoms with Crippen LogP contribution in [0, 0.1) is 0 Å². The van der Waals surface area contributed by atoms with Gasteiger partial charge < -0.3 is 10.2 Å². The van der Waals surface area contributed by atoms with Crippen molar-refractivity contribution in [3.8, 4) is 5.69 Å². The van der Waals surface area contributed by atoms with Crippen LogP contribution in [0.2, 0.25) is 0 Å². The van der Waals surface area contributed by atoms with E-state index in [0.29, 0.717) is 6.04 Å². The minimum atomic E-state index is 0.577. The van der Waals surface area contributed by atoms with Gasteiger partial charge in [0.25, 0.3) is 0 Å². The van der Waals surface area contributed by atoms with Gasteiger partial charge >= 0.3 is 0 Å². The Morgan fingerprint density at radius 3 is 3.00 bits per heavy atom. The van der Waals surface area contributed by atoms with E-state index in [1.165, 1.54) is 38.0 Å². The third-order valence-electron chi connectivity index (χ3n) is 3.94. The van der Waals surface area contributed by atoms with Crippen molar-refractivity contribution in [3.63, 3.8) is 0 Å². The van der Waals surface area contributed by atoms with Crippen molar-refractivity contribution < 1.29 is 0 Å². The quantitative estimate of drug-likeness (QED) is 0.931. The van der Waals surface area contributed by atoms with E-state index in [1.54, 1.807) is 6.20 Å². The van der Waals surface area contributed by atoms with E-state index < -0.39 is 0 Å². The number of hydrogen-bond acceptors (Lipinski definition) is 3. The predicted octanol–water partition coefficient (Wildman–Crippen LogP) is 2.77. The van der Waals surface area contributed by atoms with Crippen LogP contribution < -0.4 is 5.32 Å². The fourth-order valence-electron chi connectivity index (χ4n) is 2.78. The van der Waals surface area contributed by atoms with Crippen LogP contribution in [0.1, 0.15) is 19.3 Å². The van der Waals surface area contributed by atoms with Gasteiger partial charge in [0.2, 0.25) is 0 Å². The van der Waals surface area contributed by atoms with Crippen LogP contribution in [-0.4, -0.2) is 40.9 Å². The topological polar surface area (TPSA) is 33.1 Å². The number of anilines is 1. The molecule has 0 aliphatic carbocycles. The largest absolute Gasteiger partial charge is 0.382 e. The first-order chi connectivity index (χ1) is 9.81. The standard InChI is InChI=1S/C16H22N4/c1-19-10-3-6-14(8-12-19)18-15-5-2-7-16(13-15)20-11-4-9-17-20/h2,4-5,7,9,11,13-14,18H,3,6,8,10,12H2,1H3. The van der Waals surface area contributed by atoms with Gasteiger partial charge in [0, 0.05) is 24.1 Å². The number of nitrogens with one attached hydrogen (secondary N) is 1. The molecule has 1 N–H and O–H groups in total. The normalized spacial score (nSPS) is 20.6. The summed E-state index contributed by atoms with van der Waals surface area (Å²) in [7, 11) is 2.21. The van der Waals surface area contributed by atoms with Crippen LogP contribution in [0.5, 0.6) is 0 Å². The van der Waals surface area contributed by atoms with Gasteiger partial charge in [0.15, 0.2) is 0 Å². The lowest BCUT2D eigenvalue weighted by atomic mass is 10.1. The van der Waals surface area contributed by atoms with Crippen LogP contribution in [-0.2, 0) is 0 Å². The Balaban J connectivity index is 1.70. The first-order valence-electron chi connectivity index (χ1n) is 7.36. The van der Waals surface area contributed by atoms with Gasteiger partial charge in [-0.3, -0.25) is 0 Å². The molecule has 1 aromatic carbocycles. The number of likely N-dealkylation sites (tertiary alicyclic amines) is 1. The molecule has 3 rings (SSSR count). The second-order valence-corrected chi connectivity index (χ2v) is 5.58. The Morgan fingerprint density at radius 2 is 2.15 bits per heavy atom. The van der Waals surface area contributed by atoms with Crippen molar-refractivity contribution in [2.75, 3.05) is 25.5 Å². The summed E-state index contributed by atoms with van der Waals surface area (Å²) >= 11 is 0. The molecule has 1 atom stereocenters. The van der Waals surface area contributed by atoms with Crippen molar-refractivity contribution in [2.24, 2.45) is 0 Å². The van der Waals surface area contributed by atoms with Crippen LogP contribution >= 0.6 is 0 Å². The van der Waals surface area contributed by atoms with Crippen molar-refractivity contribution in [3.05, 3.63) is 42.7 Å². The number of hydrogen-bond donors (Lipinski definition) is 1. The number of nitrogens with zero attached hydrogens (tertiary/aromatic N) is 3. The number of rotatable bonds is 3. The van der Waals surface area contributed by atoms with E-state index in [0.717, 1.165) is 5.69 Å². The van der Waals surface area contributed by atoms with E-state index in [4.69, 9.17) is 0 Å². The fourth-order valence-corrected chi connectivity index (χ4v) is 2.78. The van der Waals surface area contributed by atoms with Crippen LogP contribution in [0.15, 0.2) is 42.7 Å². The molecule has 0 radical (unpaired) electrons. The highest BCUT2D eigenvalue weighted by Crippen LogP contribution is 2.19. The van der Waals surface area contributed by atoms with Crippen LogP contribution in [0.4, 0.5) is 5.69 Å². The van der Waals surface area contributed by atoms with Crippen molar-refractivity contribution in [1.82, 2.24) is 14.7 Å². The zero-order valence-corrected chi connectivity index (χ0v) is 12.0. The van der Waals surface area contributed by atoms with E-state index in [-0.39, 0.29) is 0 Å². The van der Waals surface area contributed by atoms with E-state index >= 15 is 0 Å². The van der Waals surface area contributed by atoms with Gasteiger partial charge in [-0.2, -0.15) is 5.10 Å². The van der Waals surface area contributed by atoms with Gasteiger partial charge in [-0.25, -0.2) is 4.68 Å². The zero-order valence-electron chi connectivity index (χ0n) is 12.0. The predicted molar refractivity (Wildman–Crippen MR) is 82.3 cm³/mol. The molecule has 1 unspecified atom stereocenters. The minimum Gasteiger partial charge on any atom is -0.382 e. The average Bonchev–Trinajstić information content (AvgIpc) is 2.92. The SMILES string of the molecule is CN1CCCC(Nc2cccc(-n3cccn3)c2)CC1. The van der Waals surface area contributed by atoms with Gasteiger partial charge in [-0.15, -0.1) is 0 Å². The lowest BCUT2D eigenvalue weighted by molar-refractivity contribution is 0.348. The maximum atomic E-state index is 4.28. The Kier molecular flexibility index (Phi) is 4.02. The van der Waals surface area contributed by atoms with Crippen molar-refractivity contribution in [2.45, 2.75) is 25.3 Å². The summed E-state index contributed by atoms with van der Waals surface area (Å²) in [6.45, 7) is 2.39. The average molecular weight is 270 g/mol. The lowest BCUT2D eigenvalue weighted by Gasteiger charge is -2.18. The maximum absolute atomic E-state index is 4.28. The molecule has 4 nitrogen and oxygen atoms in total. The van der Waals surface area contributed by atoms with Crippen LogP contribution in [0.3, 0.4) is 0 Å². The number of benzene rings is 1. The first kappa shape index (κ1) is 13.2. The van der Waals surface area contributed by atoms with Crippen molar-refractivity contribution >= 4 is 5.69 Å². The summed E-state index contributed by atoms with van der Waals surface area (Å²) in [5.74, 6) is 0. The fraction of sp³-hybridized carbons (Fsp3) is 0.438. The Labute approximate surface area is 120 Å². The third kappa shape index (κ3) is 3.20. The van der Waals surface area contributed by atoms with Gasteiger partial charge in [-0.1, -0.05) is 6.07 Å². The summed E-state index contributed by atoms with van der Waals surface area (Å²) in [6, 6.07) is 11.0. The maximum Gasteiger partial charge on any atom is 0.0666 e. The molecule has 106 valence electrons. The second-order valence-electron chi connectivity index (χ2n) is 5.58. The Morgan fingerprint density at radius 1 is 1.20 bits per heavy atom. The Bertz CT molecular complexity index is 535. The van der Waals surface area contributed by atoms with Gasteiger partial charge in [-0.05, 0) is 63.7 Å². The van der Waals surface area contributed by atoms with E-state index in [2.05, 4.69) is 46.6 Å². The molecule has 1 aliphatic rings. The molecule has 1 aliphatic heterocycles.